The van der Waals surface area contributed by atoms with E-state index in [2.05, 4.69) is 48.3 Å². The SMILES string of the molecule is CN1c2ccccc2[C@@H](C2=C(c3ccccc3)C(=O)OC2)[C@@H]1c1ccc(Cl)cc1. The first-order valence-corrected chi connectivity index (χ1v) is 10.1. The third-order valence-electron chi connectivity index (χ3n) is 5.92. The van der Waals surface area contributed by atoms with Gasteiger partial charge in [0.05, 0.1) is 11.6 Å². The number of anilines is 1. The van der Waals surface area contributed by atoms with Crippen LogP contribution in [0.3, 0.4) is 0 Å². The van der Waals surface area contributed by atoms with Gasteiger partial charge in [0.25, 0.3) is 0 Å². The molecule has 0 radical (unpaired) electrons. The standard InChI is InChI=1S/C25H20ClNO2/c1-27-21-10-6-5-9-19(21)23(24(27)17-11-13-18(26)14-12-17)20-15-29-25(28)22(20)16-7-3-2-4-8-16/h2-14,23-24H,15H2,1H3/t23-,24-/m0/s1. The highest BCUT2D eigenvalue weighted by molar-refractivity contribution is 6.30. The molecule has 0 aromatic heterocycles. The molecule has 3 aromatic rings. The Morgan fingerprint density at radius 3 is 2.38 bits per heavy atom. The molecule has 144 valence electrons. The first kappa shape index (κ1) is 18.0. The summed E-state index contributed by atoms with van der Waals surface area (Å²) in [6.45, 7) is 0.319. The summed E-state index contributed by atoms with van der Waals surface area (Å²) >= 11 is 6.14. The number of halogens is 1. The van der Waals surface area contributed by atoms with Gasteiger partial charge in [0, 0.05) is 23.7 Å². The van der Waals surface area contributed by atoms with E-state index < -0.39 is 0 Å². The Bertz CT molecular complexity index is 1110. The molecule has 3 aromatic carbocycles. The molecule has 5 rings (SSSR count). The van der Waals surface area contributed by atoms with E-state index in [1.165, 1.54) is 11.3 Å². The fourth-order valence-electron chi connectivity index (χ4n) is 4.64. The number of likely N-dealkylation sites (N-methyl/N-ethyl adjacent to an activating group) is 1. The lowest BCUT2D eigenvalue weighted by molar-refractivity contribution is -0.134. The number of benzene rings is 3. The number of carbonyl (C=O) groups excluding carboxylic acids is 1. The minimum absolute atomic E-state index is 0.0269. The fraction of sp³-hybridized carbons (Fsp3) is 0.160. The number of hydrogen-bond donors (Lipinski definition) is 0. The molecule has 0 aliphatic carbocycles. The van der Waals surface area contributed by atoms with Crippen LogP contribution in [0.5, 0.6) is 0 Å². The van der Waals surface area contributed by atoms with E-state index in [0.29, 0.717) is 17.2 Å². The van der Waals surface area contributed by atoms with Crippen molar-refractivity contribution in [3.8, 4) is 0 Å². The number of ether oxygens (including phenoxy) is 1. The summed E-state index contributed by atoms with van der Waals surface area (Å²) in [5, 5.41) is 0.715. The molecule has 0 saturated heterocycles. The minimum atomic E-state index is -0.243. The second kappa shape index (κ2) is 7.09. The Kier molecular flexibility index (Phi) is 4.40. The van der Waals surface area contributed by atoms with Gasteiger partial charge in [-0.1, -0.05) is 72.3 Å². The molecule has 3 nitrogen and oxygen atoms in total. The van der Waals surface area contributed by atoms with Gasteiger partial charge >= 0.3 is 5.97 Å². The number of hydrogen-bond acceptors (Lipinski definition) is 3. The van der Waals surface area contributed by atoms with Gasteiger partial charge in [-0.05, 0) is 40.5 Å². The average molecular weight is 402 g/mol. The molecule has 0 bridgehead atoms. The lowest BCUT2D eigenvalue weighted by Crippen LogP contribution is -2.23. The van der Waals surface area contributed by atoms with Gasteiger partial charge in [0.15, 0.2) is 0 Å². The van der Waals surface area contributed by atoms with Crippen molar-refractivity contribution >= 4 is 28.8 Å². The third kappa shape index (κ3) is 2.93. The van der Waals surface area contributed by atoms with Crippen molar-refractivity contribution in [1.82, 2.24) is 0 Å². The largest absolute Gasteiger partial charge is 0.457 e. The average Bonchev–Trinajstić information content (AvgIpc) is 3.27. The van der Waals surface area contributed by atoms with E-state index in [-0.39, 0.29) is 17.9 Å². The van der Waals surface area contributed by atoms with Crippen molar-refractivity contribution in [3.63, 3.8) is 0 Å². The van der Waals surface area contributed by atoms with Gasteiger partial charge in [-0.3, -0.25) is 0 Å². The maximum Gasteiger partial charge on any atom is 0.339 e. The molecule has 0 saturated carbocycles. The summed E-state index contributed by atoms with van der Waals surface area (Å²) in [4.78, 5) is 15.0. The van der Waals surface area contributed by atoms with Crippen LogP contribution in [0, 0.1) is 0 Å². The zero-order chi connectivity index (χ0) is 20.0. The van der Waals surface area contributed by atoms with Crippen LogP contribution in [0.25, 0.3) is 5.57 Å². The number of fused-ring (bicyclic) bond motifs is 1. The van der Waals surface area contributed by atoms with E-state index in [1.807, 2.05) is 42.5 Å². The molecule has 0 unspecified atom stereocenters. The number of carbonyl (C=O) groups is 1. The van der Waals surface area contributed by atoms with Crippen molar-refractivity contribution in [3.05, 3.63) is 106 Å². The summed E-state index contributed by atoms with van der Waals surface area (Å²) < 4.78 is 5.55. The summed E-state index contributed by atoms with van der Waals surface area (Å²) in [6.07, 6.45) is 0. The van der Waals surface area contributed by atoms with Crippen molar-refractivity contribution in [2.75, 3.05) is 18.6 Å². The number of esters is 1. The lowest BCUT2D eigenvalue weighted by atomic mass is 9.81. The summed E-state index contributed by atoms with van der Waals surface area (Å²) in [5.41, 5.74) is 6.20. The van der Waals surface area contributed by atoms with E-state index >= 15 is 0 Å². The molecule has 2 aliphatic rings. The van der Waals surface area contributed by atoms with Crippen molar-refractivity contribution in [2.24, 2.45) is 0 Å². The molecule has 0 amide bonds. The third-order valence-corrected chi connectivity index (χ3v) is 6.17. The van der Waals surface area contributed by atoms with Crippen LogP contribution in [0.4, 0.5) is 5.69 Å². The number of rotatable bonds is 3. The van der Waals surface area contributed by atoms with Gasteiger partial charge < -0.3 is 9.64 Å². The first-order valence-electron chi connectivity index (χ1n) is 9.68. The highest BCUT2D eigenvalue weighted by Gasteiger charge is 2.43. The molecule has 4 heteroatoms. The topological polar surface area (TPSA) is 29.5 Å². The maximum atomic E-state index is 12.7. The van der Waals surface area contributed by atoms with Crippen LogP contribution >= 0.6 is 11.6 Å². The van der Waals surface area contributed by atoms with E-state index in [1.54, 1.807) is 0 Å². The quantitative estimate of drug-likeness (QED) is 0.533. The van der Waals surface area contributed by atoms with Gasteiger partial charge in [-0.25, -0.2) is 4.79 Å². The van der Waals surface area contributed by atoms with Crippen LogP contribution < -0.4 is 4.90 Å². The van der Waals surface area contributed by atoms with Gasteiger partial charge in [0.2, 0.25) is 0 Å². The van der Waals surface area contributed by atoms with E-state index in [0.717, 1.165) is 16.7 Å². The van der Waals surface area contributed by atoms with Crippen molar-refractivity contribution < 1.29 is 9.53 Å². The highest BCUT2D eigenvalue weighted by Crippen LogP contribution is 2.53. The molecular weight excluding hydrogens is 382 g/mol. The van der Waals surface area contributed by atoms with Crippen molar-refractivity contribution in [1.29, 1.82) is 0 Å². The normalized spacial score (nSPS) is 20.8. The lowest BCUT2D eigenvalue weighted by Gasteiger charge is -2.28. The Morgan fingerprint density at radius 1 is 0.931 bits per heavy atom. The second-order valence-electron chi connectivity index (χ2n) is 7.49. The summed E-state index contributed by atoms with van der Waals surface area (Å²) in [6, 6.07) is 26.3. The van der Waals surface area contributed by atoms with Crippen LogP contribution in [0.1, 0.15) is 28.7 Å². The summed E-state index contributed by atoms with van der Waals surface area (Å²) in [5.74, 6) is -0.216. The maximum absolute atomic E-state index is 12.7. The Labute approximate surface area is 175 Å². The Hall–Kier alpha value is -3.04. The molecule has 2 aliphatic heterocycles. The first-order chi connectivity index (χ1) is 14.1. The molecule has 2 atom stereocenters. The Balaban J connectivity index is 1.72. The van der Waals surface area contributed by atoms with E-state index in [9.17, 15) is 4.79 Å². The summed E-state index contributed by atoms with van der Waals surface area (Å²) in [7, 11) is 2.11. The fourth-order valence-corrected chi connectivity index (χ4v) is 4.77. The number of cyclic esters (lactones) is 1. The van der Waals surface area contributed by atoms with Gasteiger partial charge in [-0.15, -0.1) is 0 Å². The van der Waals surface area contributed by atoms with Crippen LogP contribution in [0.2, 0.25) is 5.02 Å². The van der Waals surface area contributed by atoms with Crippen LogP contribution in [-0.4, -0.2) is 19.6 Å². The zero-order valence-electron chi connectivity index (χ0n) is 16.0. The van der Waals surface area contributed by atoms with Gasteiger partial charge in [-0.2, -0.15) is 0 Å². The minimum Gasteiger partial charge on any atom is -0.457 e. The Morgan fingerprint density at radius 2 is 1.62 bits per heavy atom. The number of para-hydroxylation sites is 1. The molecular formula is C25H20ClNO2. The van der Waals surface area contributed by atoms with Crippen molar-refractivity contribution in [2.45, 2.75) is 12.0 Å². The van der Waals surface area contributed by atoms with E-state index in [4.69, 9.17) is 16.3 Å². The van der Waals surface area contributed by atoms with Gasteiger partial charge in [0.1, 0.15) is 6.61 Å². The zero-order valence-corrected chi connectivity index (χ0v) is 16.8. The predicted molar refractivity (Wildman–Crippen MR) is 116 cm³/mol. The predicted octanol–water partition coefficient (Wildman–Crippen LogP) is 5.63. The second-order valence-corrected chi connectivity index (χ2v) is 7.92. The molecule has 0 fully saturated rings. The van der Waals surface area contributed by atoms with Crippen LogP contribution in [0.15, 0.2) is 84.4 Å². The molecule has 0 spiro atoms. The molecule has 0 N–H and O–H groups in total. The molecule has 29 heavy (non-hydrogen) atoms. The highest BCUT2D eigenvalue weighted by atomic mass is 35.5. The van der Waals surface area contributed by atoms with Crippen LogP contribution in [-0.2, 0) is 9.53 Å². The number of nitrogens with zero attached hydrogens (tertiary/aromatic N) is 1. The monoisotopic (exact) mass is 401 g/mol. The molecule has 2 heterocycles. The smallest absolute Gasteiger partial charge is 0.339 e.